The summed E-state index contributed by atoms with van der Waals surface area (Å²) in [4.78, 5) is 11.7. The minimum absolute atomic E-state index is 0.124. The van der Waals surface area contributed by atoms with Crippen LogP contribution in [0.1, 0.15) is 37.3 Å². The maximum absolute atomic E-state index is 11.9. The molecule has 8 heteroatoms. The highest BCUT2D eigenvalue weighted by atomic mass is 32.2. The van der Waals surface area contributed by atoms with Crippen LogP contribution in [0.25, 0.3) is 0 Å². The van der Waals surface area contributed by atoms with Gasteiger partial charge in [-0.25, -0.2) is 18.4 Å². The summed E-state index contributed by atoms with van der Waals surface area (Å²) in [7, 11) is -1.47. The second-order valence-corrected chi connectivity index (χ2v) is 11.1. The lowest BCUT2D eigenvalue weighted by Gasteiger charge is -2.32. The zero-order valence-corrected chi connectivity index (χ0v) is 19.8. The largest absolute Gasteiger partial charge is 0.380 e. The van der Waals surface area contributed by atoms with Crippen molar-refractivity contribution in [1.29, 1.82) is 0 Å². The lowest BCUT2D eigenvalue weighted by atomic mass is 9.91. The first-order valence-corrected chi connectivity index (χ1v) is 13.1. The highest BCUT2D eigenvalue weighted by Crippen LogP contribution is 2.48. The Morgan fingerprint density at radius 2 is 1.72 bits per heavy atom. The van der Waals surface area contributed by atoms with Gasteiger partial charge in [-0.2, -0.15) is 0 Å². The second-order valence-electron chi connectivity index (χ2n) is 8.87. The summed E-state index contributed by atoms with van der Waals surface area (Å²) in [6.07, 6.45) is 7.31. The zero-order chi connectivity index (χ0) is 22.6. The maximum atomic E-state index is 11.9. The van der Waals surface area contributed by atoms with E-state index in [0.717, 1.165) is 48.6 Å². The number of anilines is 1. The van der Waals surface area contributed by atoms with E-state index in [-0.39, 0.29) is 5.75 Å². The highest BCUT2D eigenvalue weighted by molar-refractivity contribution is 7.91. The smallest absolute Gasteiger partial charge is 0.225 e. The third kappa shape index (κ3) is 5.66. The van der Waals surface area contributed by atoms with Crippen molar-refractivity contribution in [2.24, 2.45) is 17.8 Å². The number of hydrogen-bond acceptors (Lipinski definition) is 7. The molecule has 2 atom stereocenters. The molecule has 4 rings (SSSR count). The Balaban J connectivity index is 1.17. The lowest BCUT2D eigenvalue weighted by molar-refractivity contribution is 0.104. The molecule has 2 aliphatic rings. The second kappa shape index (κ2) is 10.3. The molecule has 1 aliphatic carbocycles. The molecule has 7 nitrogen and oxygen atoms in total. The summed E-state index contributed by atoms with van der Waals surface area (Å²) in [6.45, 7) is 5.53. The van der Waals surface area contributed by atoms with Crippen molar-refractivity contribution in [1.82, 2.24) is 9.97 Å². The Kier molecular flexibility index (Phi) is 7.43. The van der Waals surface area contributed by atoms with Crippen LogP contribution in [0.15, 0.2) is 41.6 Å². The number of nitrogens with zero attached hydrogens (tertiary/aromatic N) is 3. The molecule has 0 radical (unpaired) electrons. The van der Waals surface area contributed by atoms with Crippen LogP contribution in [0, 0.1) is 17.8 Å². The molecule has 32 heavy (non-hydrogen) atoms. The first-order valence-electron chi connectivity index (χ1n) is 11.4. The lowest BCUT2D eigenvalue weighted by Crippen LogP contribution is -2.35. The number of aromatic nitrogens is 2. The van der Waals surface area contributed by atoms with Crippen LogP contribution in [-0.4, -0.2) is 50.9 Å². The fourth-order valence-corrected chi connectivity index (χ4v) is 5.49. The molecule has 1 aromatic carbocycles. The Bertz CT molecular complexity index is 971. The molecule has 2 aromatic rings. The molecule has 2 heterocycles. The summed E-state index contributed by atoms with van der Waals surface area (Å²) in [5.41, 5.74) is 2.01. The monoisotopic (exact) mass is 459 g/mol. The molecule has 1 saturated carbocycles. The van der Waals surface area contributed by atoms with Gasteiger partial charge in [0.2, 0.25) is 5.95 Å². The first kappa shape index (κ1) is 23.1. The van der Waals surface area contributed by atoms with E-state index in [9.17, 15) is 8.42 Å². The number of hydrogen-bond donors (Lipinski definition) is 0. The van der Waals surface area contributed by atoms with Gasteiger partial charge >= 0.3 is 0 Å². The van der Waals surface area contributed by atoms with Crippen LogP contribution < -0.4 is 4.90 Å². The Labute approximate surface area is 191 Å². The van der Waals surface area contributed by atoms with Crippen LogP contribution in [0.3, 0.4) is 0 Å². The minimum atomic E-state index is -3.14. The van der Waals surface area contributed by atoms with E-state index < -0.39 is 9.84 Å². The number of rotatable bonds is 10. The molecule has 0 unspecified atom stereocenters. The molecule has 174 valence electrons. The van der Waals surface area contributed by atoms with Gasteiger partial charge in [0.05, 0.1) is 30.5 Å². The molecule has 1 saturated heterocycles. The van der Waals surface area contributed by atoms with Gasteiger partial charge in [-0.15, -0.1) is 0 Å². The predicted molar refractivity (Wildman–Crippen MR) is 123 cm³/mol. The summed E-state index contributed by atoms with van der Waals surface area (Å²) >= 11 is 0. The van der Waals surface area contributed by atoms with Crippen molar-refractivity contribution in [2.75, 3.05) is 37.5 Å². The quantitative estimate of drug-likeness (QED) is 0.538. The van der Waals surface area contributed by atoms with Crippen LogP contribution in [-0.2, 0) is 32.5 Å². The van der Waals surface area contributed by atoms with Gasteiger partial charge in [0, 0.05) is 38.2 Å². The standard InChI is InChI=1S/C24H33N3O4S/c1-3-32(28,29)22-6-4-18(5-7-22)16-31-17-21-12-23(21)20-8-10-27(11-9-20)24-25-13-19(14-26-24)15-30-2/h4-7,13-14,20-21,23H,3,8-12,15-17H2,1-2H3/t21-,23-/m1/s1. The predicted octanol–water partition coefficient (Wildman–Crippen LogP) is 3.49. The van der Waals surface area contributed by atoms with E-state index in [2.05, 4.69) is 14.9 Å². The van der Waals surface area contributed by atoms with Crippen molar-refractivity contribution in [3.8, 4) is 0 Å². The van der Waals surface area contributed by atoms with Crippen molar-refractivity contribution in [3.05, 3.63) is 47.8 Å². The molecule has 0 amide bonds. The van der Waals surface area contributed by atoms with Crippen LogP contribution in [0.2, 0.25) is 0 Å². The maximum Gasteiger partial charge on any atom is 0.225 e. The number of benzene rings is 1. The molecule has 0 N–H and O–H groups in total. The minimum Gasteiger partial charge on any atom is -0.380 e. The van der Waals surface area contributed by atoms with E-state index >= 15 is 0 Å². The van der Waals surface area contributed by atoms with Gasteiger partial charge in [0.25, 0.3) is 0 Å². The number of sulfone groups is 1. The van der Waals surface area contributed by atoms with Crippen LogP contribution in [0.5, 0.6) is 0 Å². The van der Waals surface area contributed by atoms with E-state index in [1.54, 1.807) is 26.2 Å². The summed E-state index contributed by atoms with van der Waals surface area (Å²) in [6, 6.07) is 7.07. The molecule has 1 aliphatic heterocycles. The van der Waals surface area contributed by atoms with Crippen molar-refractivity contribution in [2.45, 2.75) is 44.3 Å². The third-order valence-corrected chi connectivity index (χ3v) is 8.42. The van der Waals surface area contributed by atoms with E-state index in [1.807, 2.05) is 24.5 Å². The molecule has 1 aromatic heterocycles. The summed E-state index contributed by atoms with van der Waals surface area (Å²) in [5, 5.41) is 0. The van der Waals surface area contributed by atoms with Crippen LogP contribution >= 0.6 is 0 Å². The third-order valence-electron chi connectivity index (χ3n) is 6.67. The Morgan fingerprint density at radius 1 is 1.03 bits per heavy atom. The molecular formula is C24H33N3O4S. The molecule has 2 fully saturated rings. The number of methoxy groups -OCH3 is 1. The van der Waals surface area contributed by atoms with Gasteiger partial charge in [-0.3, -0.25) is 0 Å². The highest BCUT2D eigenvalue weighted by Gasteiger charge is 2.43. The summed E-state index contributed by atoms with van der Waals surface area (Å²) < 4.78 is 34.9. The van der Waals surface area contributed by atoms with Gasteiger partial charge in [0.15, 0.2) is 9.84 Å². The molecular weight excluding hydrogens is 426 g/mol. The van der Waals surface area contributed by atoms with Gasteiger partial charge in [-0.05, 0) is 54.7 Å². The number of ether oxygens (including phenoxy) is 2. The van der Waals surface area contributed by atoms with Gasteiger partial charge in [-0.1, -0.05) is 19.1 Å². The average molecular weight is 460 g/mol. The van der Waals surface area contributed by atoms with E-state index in [0.29, 0.717) is 24.0 Å². The average Bonchev–Trinajstić information content (AvgIpc) is 3.60. The topological polar surface area (TPSA) is 81.6 Å². The van der Waals surface area contributed by atoms with Gasteiger partial charge in [0.1, 0.15) is 0 Å². The zero-order valence-electron chi connectivity index (χ0n) is 18.9. The first-order chi connectivity index (χ1) is 15.5. The summed E-state index contributed by atoms with van der Waals surface area (Å²) in [5.74, 6) is 3.11. The molecule has 0 spiro atoms. The Morgan fingerprint density at radius 3 is 2.34 bits per heavy atom. The fraction of sp³-hybridized carbons (Fsp3) is 0.583. The van der Waals surface area contributed by atoms with Crippen molar-refractivity contribution in [3.63, 3.8) is 0 Å². The van der Waals surface area contributed by atoms with Crippen molar-refractivity contribution >= 4 is 15.8 Å². The fourth-order valence-electron chi connectivity index (χ4n) is 4.61. The van der Waals surface area contributed by atoms with Gasteiger partial charge < -0.3 is 14.4 Å². The van der Waals surface area contributed by atoms with Crippen molar-refractivity contribution < 1.29 is 17.9 Å². The SMILES string of the molecule is CCS(=O)(=O)c1ccc(COC[C@H]2C[C@@H]2C2CCN(c3ncc(COC)cn3)CC2)cc1. The van der Waals surface area contributed by atoms with E-state index in [1.165, 1.54) is 19.3 Å². The van der Waals surface area contributed by atoms with E-state index in [4.69, 9.17) is 9.47 Å². The molecule has 0 bridgehead atoms. The normalized spacial score (nSPS) is 21.6. The Hall–Kier alpha value is -2.03. The number of piperidine rings is 1. The van der Waals surface area contributed by atoms with Crippen LogP contribution in [0.4, 0.5) is 5.95 Å².